The van der Waals surface area contributed by atoms with Gasteiger partial charge in [0.05, 0.1) is 43.6 Å². The van der Waals surface area contributed by atoms with Crippen molar-refractivity contribution in [2.75, 3.05) is 10.6 Å². The maximum atomic E-state index is 13.9. The van der Waals surface area contributed by atoms with Crippen molar-refractivity contribution in [3.8, 4) is 22.5 Å². The average Bonchev–Trinajstić information content (AvgIpc) is 3.19. The molecule has 0 atom stereocenters. The van der Waals surface area contributed by atoms with Crippen LogP contribution in [0.25, 0.3) is 44.3 Å². The van der Waals surface area contributed by atoms with Crippen LogP contribution in [0.3, 0.4) is 0 Å². The number of para-hydroxylation sites is 2. The van der Waals surface area contributed by atoms with Gasteiger partial charge in [0.2, 0.25) is 0 Å². The minimum Gasteiger partial charge on any atom is -0.322 e. The molecule has 8 aromatic rings. The van der Waals surface area contributed by atoms with Crippen molar-refractivity contribution in [1.29, 1.82) is 0 Å². The van der Waals surface area contributed by atoms with E-state index in [1.54, 1.807) is 24.3 Å². The second kappa shape index (κ2) is 16.0. The molecule has 6 nitrogen and oxygen atoms in total. The van der Waals surface area contributed by atoms with E-state index < -0.39 is 0 Å². The first kappa shape index (κ1) is 38.1. The summed E-state index contributed by atoms with van der Waals surface area (Å²) >= 11 is 25.5. The molecular weight excluding hydrogens is 794 g/mol. The molecule has 0 unspecified atom stereocenters. The lowest BCUT2D eigenvalue weighted by atomic mass is 9.97. The molecule has 280 valence electrons. The Labute approximate surface area is 349 Å². The quantitative estimate of drug-likeness (QED) is 0.160. The first-order valence-corrected chi connectivity index (χ1v) is 19.6. The van der Waals surface area contributed by atoms with Gasteiger partial charge in [-0.15, -0.1) is 0 Å². The fraction of sp³-hybridized carbons (Fsp3) is 0.0638. The van der Waals surface area contributed by atoms with E-state index >= 15 is 0 Å². The van der Waals surface area contributed by atoms with E-state index in [0.717, 1.165) is 21.9 Å². The zero-order chi connectivity index (χ0) is 39.8. The van der Waals surface area contributed by atoms with Gasteiger partial charge in [0, 0.05) is 43.3 Å². The molecule has 57 heavy (non-hydrogen) atoms. The van der Waals surface area contributed by atoms with Gasteiger partial charge in [-0.25, -0.2) is 9.97 Å². The fourth-order valence-corrected chi connectivity index (χ4v) is 8.12. The number of fused-ring (bicyclic) bond motifs is 2. The highest BCUT2D eigenvalue weighted by Gasteiger charge is 2.22. The number of hydrogen-bond donors (Lipinski definition) is 2. The number of carbonyl (C=O) groups is 2. The molecule has 0 fully saturated rings. The first-order chi connectivity index (χ1) is 27.5. The van der Waals surface area contributed by atoms with E-state index in [2.05, 4.69) is 10.6 Å². The van der Waals surface area contributed by atoms with Crippen LogP contribution in [-0.4, -0.2) is 21.8 Å². The van der Waals surface area contributed by atoms with Crippen LogP contribution in [0.1, 0.15) is 43.0 Å². The number of nitrogens with zero attached hydrogens (tertiary/aromatic N) is 2. The highest BCUT2D eigenvalue weighted by molar-refractivity contribution is 6.37. The van der Waals surface area contributed by atoms with E-state index in [0.29, 0.717) is 93.7 Å². The molecule has 6 aromatic carbocycles. The van der Waals surface area contributed by atoms with Gasteiger partial charge < -0.3 is 10.6 Å². The molecule has 0 aliphatic carbocycles. The Morgan fingerprint density at radius 1 is 0.509 bits per heavy atom. The maximum Gasteiger partial charge on any atom is 0.256 e. The lowest BCUT2D eigenvalue weighted by Gasteiger charge is -2.16. The Hall–Kier alpha value is -5.76. The Bertz CT molecular complexity index is 2680. The molecular formula is C47H32Cl4N4O2. The van der Waals surface area contributed by atoms with E-state index in [1.165, 1.54) is 0 Å². The van der Waals surface area contributed by atoms with Crippen LogP contribution in [0.5, 0.6) is 0 Å². The van der Waals surface area contributed by atoms with Gasteiger partial charge in [0.25, 0.3) is 11.8 Å². The van der Waals surface area contributed by atoms with Crippen molar-refractivity contribution in [3.05, 3.63) is 187 Å². The molecule has 2 amide bonds. The van der Waals surface area contributed by atoms with Crippen molar-refractivity contribution < 1.29 is 9.59 Å². The van der Waals surface area contributed by atoms with Crippen molar-refractivity contribution in [1.82, 2.24) is 9.97 Å². The zero-order valence-electron chi connectivity index (χ0n) is 30.6. The SMILES string of the molecule is Cc1c(-c2ccc(Cl)cc2Cl)nc2ccccc2c1C(=O)Nc1ccc(Cc2ccc(NC(=O)c3c(C)c(-c4ccc(Cl)cc4Cl)nc4ccccc34)cc2)cc1. The minimum atomic E-state index is -0.247. The third-order valence-corrected chi connectivity index (χ3v) is 11.0. The van der Waals surface area contributed by atoms with Crippen LogP contribution in [0.2, 0.25) is 20.1 Å². The van der Waals surface area contributed by atoms with Gasteiger partial charge in [0.1, 0.15) is 0 Å². The normalized spacial score (nSPS) is 11.2. The summed E-state index contributed by atoms with van der Waals surface area (Å²) in [5, 5.41) is 9.60. The summed E-state index contributed by atoms with van der Waals surface area (Å²) < 4.78 is 0. The Balaban J connectivity index is 0.980. The second-order valence-corrected chi connectivity index (χ2v) is 15.4. The maximum absolute atomic E-state index is 13.9. The van der Waals surface area contributed by atoms with Gasteiger partial charge in [0.15, 0.2) is 0 Å². The predicted octanol–water partition coefficient (Wildman–Crippen LogP) is 13.4. The molecule has 0 saturated carbocycles. The molecule has 10 heteroatoms. The first-order valence-electron chi connectivity index (χ1n) is 18.0. The molecule has 2 heterocycles. The number of amides is 2. The van der Waals surface area contributed by atoms with E-state index in [1.807, 2.05) is 123 Å². The van der Waals surface area contributed by atoms with Crippen LogP contribution < -0.4 is 10.6 Å². The number of anilines is 2. The van der Waals surface area contributed by atoms with Crippen LogP contribution in [0.4, 0.5) is 11.4 Å². The lowest BCUT2D eigenvalue weighted by molar-refractivity contribution is 0.101. The summed E-state index contributed by atoms with van der Waals surface area (Å²) in [7, 11) is 0. The lowest BCUT2D eigenvalue weighted by Crippen LogP contribution is -2.15. The third kappa shape index (κ3) is 7.82. The van der Waals surface area contributed by atoms with Crippen molar-refractivity contribution >= 4 is 91.4 Å². The topological polar surface area (TPSA) is 84.0 Å². The summed E-state index contributed by atoms with van der Waals surface area (Å²) in [5.74, 6) is -0.495. The summed E-state index contributed by atoms with van der Waals surface area (Å²) in [6.07, 6.45) is 0.654. The van der Waals surface area contributed by atoms with Gasteiger partial charge >= 0.3 is 0 Å². The highest BCUT2D eigenvalue weighted by atomic mass is 35.5. The monoisotopic (exact) mass is 824 g/mol. The van der Waals surface area contributed by atoms with Gasteiger partial charge in [-0.1, -0.05) is 107 Å². The number of aromatic nitrogens is 2. The Morgan fingerprint density at radius 2 is 0.895 bits per heavy atom. The standard InChI is InChI=1S/C47H32Cl4N4O2/c1-26-42(36-7-3-5-9-40(36)54-44(26)34-21-15-30(48)24-38(34)50)46(56)52-32-17-11-28(12-18-32)23-29-13-19-33(20-14-29)53-47(57)43-27(2)45(35-22-16-31(49)25-39(35)51)55-41-10-6-4-8-37(41)43/h3-22,24-25H,23H2,1-2H3,(H,52,56)(H,53,57). The Morgan fingerprint density at radius 3 is 1.28 bits per heavy atom. The highest BCUT2D eigenvalue weighted by Crippen LogP contribution is 2.37. The number of carbonyl (C=O) groups excluding carboxylic acids is 2. The van der Waals surface area contributed by atoms with Gasteiger partial charge in [-0.3, -0.25) is 9.59 Å². The number of hydrogen-bond acceptors (Lipinski definition) is 4. The average molecular weight is 827 g/mol. The van der Waals surface area contributed by atoms with E-state index in [-0.39, 0.29) is 11.8 Å². The van der Waals surface area contributed by atoms with Crippen molar-refractivity contribution in [2.45, 2.75) is 20.3 Å². The van der Waals surface area contributed by atoms with Crippen molar-refractivity contribution in [2.24, 2.45) is 0 Å². The van der Waals surface area contributed by atoms with Crippen molar-refractivity contribution in [3.63, 3.8) is 0 Å². The number of nitrogens with one attached hydrogen (secondary N) is 2. The predicted molar refractivity (Wildman–Crippen MR) is 235 cm³/mol. The molecule has 2 N–H and O–H groups in total. The molecule has 0 saturated heterocycles. The third-order valence-electron chi connectivity index (χ3n) is 9.93. The summed E-state index contributed by atoms with van der Waals surface area (Å²) in [5.41, 5.74) is 9.92. The largest absolute Gasteiger partial charge is 0.322 e. The number of halogens is 4. The number of rotatable bonds is 8. The molecule has 0 aliphatic heterocycles. The summed E-state index contributed by atoms with van der Waals surface area (Å²) in [6, 6.07) is 41.2. The molecule has 0 radical (unpaired) electrons. The molecule has 0 aliphatic rings. The van der Waals surface area contributed by atoms with E-state index in [4.69, 9.17) is 56.4 Å². The minimum absolute atomic E-state index is 0.247. The van der Waals surface area contributed by atoms with Gasteiger partial charge in [-0.05, 0) is 115 Å². The second-order valence-electron chi connectivity index (χ2n) is 13.7. The van der Waals surface area contributed by atoms with E-state index in [9.17, 15) is 9.59 Å². The molecule has 2 aromatic heterocycles. The summed E-state index contributed by atoms with van der Waals surface area (Å²) in [6.45, 7) is 3.76. The smallest absolute Gasteiger partial charge is 0.256 e. The van der Waals surface area contributed by atoms with Gasteiger partial charge in [-0.2, -0.15) is 0 Å². The Kier molecular flexibility index (Phi) is 10.7. The fourth-order valence-electron chi connectivity index (χ4n) is 7.12. The van der Waals surface area contributed by atoms with Crippen LogP contribution in [0.15, 0.2) is 133 Å². The van der Waals surface area contributed by atoms with Crippen LogP contribution >= 0.6 is 46.4 Å². The molecule has 0 bridgehead atoms. The number of pyridine rings is 2. The van der Waals surface area contributed by atoms with Crippen LogP contribution in [-0.2, 0) is 6.42 Å². The van der Waals surface area contributed by atoms with Crippen LogP contribution in [0, 0.1) is 13.8 Å². The molecule has 0 spiro atoms. The summed E-state index contributed by atoms with van der Waals surface area (Å²) in [4.78, 5) is 37.5. The molecule has 8 rings (SSSR count). The zero-order valence-corrected chi connectivity index (χ0v) is 33.7. The number of benzene rings is 6.